The maximum absolute atomic E-state index is 8.69. The summed E-state index contributed by atoms with van der Waals surface area (Å²) in [5.74, 6) is 0. The molecule has 2 aromatic rings. The van der Waals surface area contributed by atoms with E-state index in [0.717, 1.165) is 11.4 Å². The molecule has 80 valence electrons. The van der Waals surface area contributed by atoms with Gasteiger partial charge in [-0.25, -0.2) is 0 Å². The van der Waals surface area contributed by atoms with Gasteiger partial charge in [-0.15, -0.1) is 10.2 Å². The van der Waals surface area contributed by atoms with E-state index in [4.69, 9.17) is 5.11 Å². The summed E-state index contributed by atoms with van der Waals surface area (Å²) in [7, 11) is 0. The number of aromatic nitrogens is 4. The van der Waals surface area contributed by atoms with Crippen molar-refractivity contribution in [3.63, 3.8) is 0 Å². The molecule has 0 aromatic carbocycles. The lowest BCUT2D eigenvalue weighted by molar-refractivity contribution is 0.292. The molecular formula is C9H13N5O. The maximum Gasteiger partial charge on any atom is 0.200 e. The van der Waals surface area contributed by atoms with Crippen molar-refractivity contribution in [3.8, 4) is 0 Å². The quantitative estimate of drug-likeness (QED) is 0.702. The average Bonchev–Trinajstić information content (AvgIpc) is 2.65. The van der Waals surface area contributed by atoms with E-state index in [-0.39, 0.29) is 6.61 Å². The van der Waals surface area contributed by atoms with Crippen LogP contribution in [0.1, 0.15) is 12.1 Å². The molecule has 2 heterocycles. The van der Waals surface area contributed by atoms with Gasteiger partial charge in [-0.3, -0.25) is 0 Å². The largest absolute Gasteiger partial charge is 0.396 e. The molecule has 0 fully saturated rings. The Bertz CT molecular complexity index is 453. The molecule has 0 aliphatic rings. The third-order valence-corrected chi connectivity index (χ3v) is 2.04. The Morgan fingerprint density at radius 3 is 3.20 bits per heavy atom. The van der Waals surface area contributed by atoms with Gasteiger partial charge in [0.25, 0.3) is 0 Å². The highest BCUT2D eigenvalue weighted by Crippen LogP contribution is 2.13. The van der Waals surface area contributed by atoms with Gasteiger partial charge in [-0.1, -0.05) is 0 Å². The molecule has 15 heavy (non-hydrogen) atoms. The highest BCUT2D eigenvalue weighted by molar-refractivity contribution is 5.66. The first-order chi connectivity index (χ1) is 7.31. The molecule has 0 radical (unpaired) electrons. The van der Waals surface area contributed by atoms with Gasteiger partial charge in [-0.05, 0) is 19.4 Å². The predicted molar refractivity (Wildman–Crippen MR) is 55.7 cm³/mol. The van der Waals surface area contributed by atoms with E-state index in [2.05, 4.69) is 20.6 Å². The first-order valence-corrected chi connectivity index (χ1v) is 4.83. The Morgan fingerprint density at radius 2 is 2.40 bits per heavy atom. The van der Waals surface area contributed by atoms with E-state index in [1.54, 1.807) is 10.8 Å². The van der Waals surface area contributed by atoms with Crippen molar-refractivity contribution >= 4 is 11.3 Å². The molecule has 0 spiro atoms. The van der Waals surface area contributed by atoms with Crippen molar-refractivity contribution in [1.82, 2.24) is 19.8 Å². The fourth-order valence-corrected chi connectivity index (χ4v) is 1.38. The summed E-state index contributed by atoms with van der Waals surface area (Å²) < 4.78 is 1.64. The first-order valence-electron chi connectivity index (χ1n) is 4.83. The van der Waals surface area contributed by atoms with Gasteiger partial charge < -0.3 is 10.4 Å². The molecule has 6 heteroatoms. The molecule has 0 aliphatic heterocycles. The summed E-state index contributed by atoms with van der Waals surface area (Å²) in [6.07, 6.45) is 2.28. The molecule has 0 aliphatic carbocycles. The van der Waals surface area contributed by atoms with Crippen molar-refractivity contribution in [1.29, 1.82) is 0 Å². The number of hydrogen-bond acceptors (Lipinski definition) is 5. The van der Waals surface area contributed by atoms with Gasteiger partial charge >= 0.3 is 0 Å². The molecule has 0 unspecified atom stereocenters. The van der Waals surface area contributed by atoms with Crippen LogP contribution in [0.4, 0.5) is 5.69 Å². The number of aliphatic hydroxyl groups is 1. The maximum atomic E-state index is 8.69. The third kappa shape index (κ3) is 2.04. The van der Waals surface area contributed by atoms with Gasteiger partial charge in [-0.2, -0.15) is 9.61 Å². The highest BCUT2D eigenvalue weighted by Gasteiger charge is 2.04. The smallest absolute Gasteiger partial charge is 0.200 e. The van der Waals surface area contributed by atoms with Crippen LogP contribution in [-0.2, 0) is 0 Å². The lowest BCUT2D eigenvalue weighted by Crippen LogP contribution is -2.06. The van der Waals surface area contributed by atoms with E-state index in [9.17, 15) is 0 Å². The predicted octanol–water partition coefficient (Wildman–Crippen LogP) is 0.227. The molecule has 6 nitrogen and oxygen atoms in total. The Morgan fingerprint density at radius 1 is 1.53 bits per heavy atom. The zero-order valence-corrected chi connectivity index (χ0v) is 8.51. The van der Waals surface area contributed by atoms with Crippen LogP contribution in [0.3, 0.4) is 0 Å². The fourth-order valence-electron chi connectivity index (χ4n) is 1.38. The van der Waals surface area contributed by atoms with Crippen LogP contribution in [0.2, 0.25) is 0 Å². The number of hydrogen-bond donors (Lipinski definition) is 2. The molecule has 2 aromatic heterocycles. The Balaban J connectivity index is 2.27. The number of aliphatic hydroxyl groups excluding tert-OH is 1. The molecule has 0 saturated carbocycles. The molecular weight excluding hydrogens is 194 g/mol. The summed E-state index contributed by atoms with van der Waals surface area (Å²) in [6.45, 7) is 2.80. The van der Waals surface area contributed by atoms with Gasteiger partial charge in [0.05, 0.1) is 11.4 Å². The monoisotopic (exact) mass is 207 g/mol. The second-order valence-electron chi connectivity index (χ2n) is 3.30. The number of nitrogens with one attached hydrogen (secondary N) is 1. The number of fused-ring (bicyclic) bond motifs is 1. The van der Waals surface area contributed by atoms with Crippen LogP contribution in [0.15, 0.2) is 12.4 Å². The second kappa shape index (κ2) is 4.22. The molecule has 0 amide bonds. The van der Waals surface area contributed by atoms with E-state index in [0.29, 0.717) is 18.6 Å². The van der Waals surface area contributed by atoms with Crippen molar-refractivity contribution in [3.05, 3.63) is 18.1 Å². The molecule has 0 saturated heterocycles. The molecule has 2 N–H and O–H groups in total. The van der Waals surface area contributed by atoms with Crippen molar-refractivity contribution in [2.45, 2.75) is 13.3 Å². The number of anilines is 1. The van der Waals surface area contributed by atoms with Crippen LogP contribution in [0.25, 0.3) is 5.65 Å². The van der Waals surface area contributed by atoms with Crippen LogP contribution in [0, 0.1) is 6.92 Å². The number of aryl methyl sites for hydroxylation is 1. The Labute approximate surface area is 86.9 Å². The minimum atomic E-state index is 0.181. The van der Waals surface area contributed by atoms with Crippen molar-refractivity contribution in [2.75, 3.05) is 18.5 Å². The zero-order chi connectivity index (χ0) is 10.7. The van der Waals surface area contributed by atoms with Gasteiger partial charge in [0.2, 0.25) is 5.65 Å². The SMILES string of the molecule is Cc1cc(NCCCO)c2nncn2n1. The fraction of sp³-hybridized carbons (Fsp3) is 0.444. The Hall–Kier alpha value is -1.69. The van der Waals surface area contributed by atoms with E-state index < -0.39 is 0 Å². The van der Waals surface area contributed by atoms with Crippen LogP contribution < -0.4 is 5.32 Å². The number of rotatable bonds is 4. The molecule has 2 rings (SSSR count). The van der Waals surface area contributed by atoms with Crippen molar-refractivity contribution < 1.29 is 5.11 Å². The Kier molecular flexibility index (Phi) is 2.77. The first kappa shape index (κ1) is 9.85. The topological polar surface area (TPSA) is 75.3 Å². The highest BCUT2D eigenvalue weighted by atomic mass is 16.3. The zero-order valence-electron chi connectivity index (χ0n) is 8.51. The summed E-state index contributed by atoms with van der Waals surface area (Å²) >= 11 is 0. The molecule has 0 bridgehead atoms. The third-order valence-electron chi connectivity index (χ3n) is 2.04. The lowest BCUT2D eigenvalue weighted by atomic mass is 10.3. The van der Waals surface area contributed by atoms with Crippen LogP contribution >= 0.6 is 0 Å². The normalized spacial score (nSPS) is 10.8. The summed E-state index contributed by atoms with van der Waals surface area (Å²) in [5, 5.41) is 23.9. The van der Waals surface area contributed by atoms with E-state index >= 15 is 0 Å². The molecule has 0 atom stereocenters. The van der Waals surface area contributed by atoms with Crippen LogP contribution in [0.5, 0.6) is 0 Å². The van der Waals surface area contributed by atoms with E-state index in [1.165, 1.54) is 0 Å². The summed E-state index contributed by atoms with van der Waals surface area (Å²) in [5.41, 5.74) is 2.50. The number of nitrogens with zero attached hydrogens (tertiary/aromatic N) is 4. The summed E-state index contributed by atoms with van der Waals surface area (Å²) in [4.78, 5) is 0. The minimum Gasteiger partial charge on any atom is -0.396 e. The standard InChI is InChI=1S/C9H13N5O/c1-7-5-8(10-3-2-4-15)9-12-11-6-14(9)13-7/h5-6,10,15H,2-4H2,1H3. The minimum absolute atomic E-state index is 0.181. The lowest BCUT2D eigenvalue weighted by Gasteiger charge is -2.06. The van der Waals surface area contributed by atoms with Gasteiger partial charge in [0.15, 0.2) is 0 Å². The van der Waals surface area contributed by atoms with Gasteiger partial charge in [0.1, 0.15) is 6.33 Å². The van der Waals surface area contributed by atoms with Crippen LogP contribution in [-0.4, -0.2) is 38.1 Å². The summed E-state index contributed by atoms with van der Waals surface area (Å²) in [6, 6.07) is 1.92. The van der Waals surface area contributed by atoms with E-state index in [1.807, 2.05) is 13.0 Å². The second-order valence-corrected chi connectivity index (χ2v) is 3.30. The van der Waals surface area contributed by atoms with Crippen molar-refractivity contribution in [2.24, 2.45) is 0 Å². The van der Waals surface area contributed by atoms with Gasteiger partial charge in [0, 0.05) is 13.2 Å². The average molecular weight is 207 g/mol.